The normalized spacial score (nSPS) is 13.1. The summed E-state index contributed by atoms with van der Waals surface area (Å²) in [6.45, 7) is 0.335. The third-order valence-corrected chi connectivity index (χ3v) is 3.39. The molecule has 3 heteroatoms. The zero-order valence-corrected chi connectivity index (χ0v) is 11.1. The van der Waals surface area contributed by atoms with Crippen molar-refractivity contribution in [3.63, 3.8) is 0 Å². The highest BCUT2D eigenvalue weighted by Crippen LogP contribution is 2.10. The molecule has 0 aliphatic carbocycles. The molecule has 0 aromatic carbocycles. The minimum absolute atomic E-state index is 0.0926. The van der Waals surface area contributed by atoms with Gasteiger partial charge in [0.25, 0.3) is 0 Å². The molecule has 0 radical (unpaired) electrons. The Balaban J connectivity index is 2.92. The molecule has 0 saturated heterocycles. The van der Waals surface area contributed by atoms with Crippen molar-refractivity contribution in [2.24, 2.45) is 0 Å². The van der Waals surface area contributed by atoms with Gasteiger partial charge in [-0.05, 0) is 12.8 Å². The van der Waals surface area contributed by atoms with Crippen molar-refractivity contribution in [2.45, 2.75) is 57.5 Å². The Morgan fingerprint density at radius 1 is 0.857 bits per heavy atom. The van der Waals surface area contributed by atoms with Crippen LogP contribution >= 0.6 is 22.6 Å². The molecule has 0 aliphatic rings. The number of unbranched alkanes of at least 4 members (excludes halogenated alkanes) is 6. The van der Waals surface area contributed by atoms with Crippen LogP contribution in [0.5, 0.6) is 0 Å². The fourth-order valence-corrected chi connectivity index (χ4v) is 1.89. The fraction of sp³-hybridized carbons (Fsp3) is 1.00. The van der Waals surface area contributed by atoms with Gasteiger partial charge in [-0.1, -0.05) is 61.1 Å². The highest BCUT2D eigenvalue weighted by Gasteiger charge is 2.00. The molecular formula is C11H23IO2. The Bertz CT molecular complexity index is 109. The number of alkyl halides is 1. The smallest absolute Gasteiger partial charge is 0.0629 e. The molecule has 1 atom stereocenters. The van der Waals surface area contributed by atoms with Gasteiger partial charge in [-0.3, -0.25) is 0 Å². The van der Waals surface area contributed by atoms with E-state index in [-0.39, 0.29) is 6.10 Å². The monoisotopic (exact) mass is 314 g/mol. The molecule has 0 aliphatic heterocycles. The van der Waals surface area contributed by atoms with Crippen LogP contribution in [0.3, 0.4) is 0 Å². The molecule has 0 aromatic rings. The van der Waals surface area contributed by atoms with Gasteiger partial charge in [-0.2, -0.15) is 0 Å². The first-order chi connectivity index (χ1) is 6.81. The van der Waals surface area contributed by atoms with Crippen LogP contribution in [-0.2, 0) is 0 Å². The topological polar surface area (TPSA) is 40.5 Å². The van der Waals surface area contributed by atoms with E-state index in [1.54, 1.807) is 0 Å². The Morgan fingerprint density at radius 2 is 1.36 bits per heavy atom. The largest absolute Gasteiger partial charge is 0.396 e. The summed E-state index contributed by atoms with van der Waals surface area (Å²) < 4.78 is 0.855. The van der Waals surface area contributed by atoms with Crippen molar-refractivity contribution in [3.8, 4) is 0 Å². The summed E-state index contributed by atoms with van der Waals surface area (Å²) in [7, 11) is 0. The van der Waals surface area contributed by atoms with E-state index < -0.39 is 0 Å². The summed E-state index contributed by atoms with van der Waals surface area (Å²) >= 11 is 2.22. The van der Waals surface area contributed by atoms with Gasteiger partial charge in [0.05, 0.1) is 6.10 Å². The summed E-state index contributed by atoms with van der Waals surface area (Å²) in [5.74, 6) is 0. The molecule has 2 N–H and O–H groups in total. The summed E-state index contributed by atoms with van der Waals surface area (Å²) in [4.78, 5) is 0. The van der Waals surface area contributed by atoms with Crippen LogP contribution < -0.4 is 0 Å². The fourth-order valence-electron chi connectivity index (χ4n) is 1.45. The maximum atomic E-state index is 9.30. The van der Waals surface area contributed by atoms with E-state index >= 15 is 0 Å². The van der Waals surface area contributed by atoms with Crippen molar-refractivity contribution in [1.82, 2.24) is 0 Å². The number of hydrogen-bond donors (Lipinski definition) is 2. The van der Waals surface area contributed by atoms with Crippen LogP contribution in [0.25, 0.3) is 0 Å². The van der Waals surface area contributed by atoms with E-state index in [4.69, 9.17) is 5.11 Å². The maximum absolute atomic E-state index is 9.30. The van der Waals surface area contributed by atoms with Crippen LogP contribution in [-0.4, -0.2) is 27.4 Å². The zero-order chi connectivity index (χ0) is 10.6. The van der Waals surface area contributed by atoms with Crippen molar-refractivity contribution < 1.29 is 10.2 Å². The predicted molar refractivity (Wildman–Crippen MR) is 68.9 cm³/mol. The summed E-state index contributed by atoms with van der Waals surface area (Å²) in [5.41, 5.74) is 0. The van der Waals surface area contributed by atoms with Crippen molar-refractivity contribution in [2.75, 3.05) is 11.0 Å². The van der Waals surface area contributed by atoms with Crippen molar-refractivity contribution in [3.05, 3.63) is 0 Å². The molecule has 0 heterocycles. The first kappa shape index (κ1) is 14.6. The van der Waals surface area contributed by atoms with Crippen molar-refractivity contribution >= 4 is 22.6 Å². The van der Waals surface area contributed by atoms with Gasteiger partial charge >= 0.3 is 0 Å². The number of hydrogen-bond acceptors (Lipinski definition) is 2. The van der Waals surface area contributed by atoms with Gasteiger partial charge < -0.3 is 10.2 Å². The van der Waals surface area contributed by atoms with Crippen LogP contribution in [0.2, 0.25) is 0 Å². The predicted octanol–water partition coefficient (Wildman–Crippen LogP) is 2.90. The molecule has 0 spiro atoms. The van der Waals surface area contributed by atoms with Gasteiger partial charge in [0.15, 0.2) is 0 Å². The minimum atomic E-state index is -0.0926. The van der Waals surface area contributed by atoms with Crippen LogP contribution in [0, 0.1) is 0 Å². The molecule has 14 heavy (non-hydrogen) atoms. The second-order valence-electron chi connectivity index (χ2n) is 3.80. The Morgan fingerprint density at radius 3 is 1.86 bits per heavy atom. The van der Waals surface area contributed by atoms with E-state index in [9.17, 15) is 5.11 Å². The molecule has 0 aromatic heterocycles. The van der Waals surface area contributed by atoms with Gasteiger partial charge in [0.2, 0.25) is 0 Å². The van der Waals surface area contributed by atoms with Crippen molar-refractivity contribution in [1.29, 1.82) is 0 Å². The first-order valence-corrected chi connectivity index (χ1v) is 7.18. The highest BCUT2D eigenvalue weighted by molar-refractivity contribution is 14.1. The van der Waals surface area contributed by atoms with Gasteiger partial charge in [0, 0.05) is 11.0 Å². The molecule has 0 bridgehead atoms. The standard InChI is InChI=1S/C11H23IO2/c12-10-11(14)8-6-4-2-1-3-5-7-9-13/h11,13-14H,1-10H2. The SMILES string of the molecule is OCCCCCCCCCC(O)CI. The third kappa shape index (κ3) is 10.7. The lowest BCUT2D eigenvalue weighted by Crippen LogP contribution is -2.06. The summed E-state index contributed by atoms with van der Waals surface area (Å²) in [6.07, 6.45) is 9.18. The average molecular weight is 314 g/mol. The van der Waals surface area contributed by atoms with E-state index in [0.717, 1.165) is 30.1 Å². The Hall–Kier alpha value is 0.650. The zero-order valence-electron chi connectivity index (χ0n) is 8.92. The molecule has 1 unspecified atom stereocenters. The molecule has 0 amide bonds. The van der Waals surface area contributed by atoms with E-state index in [1.165, 1.54) is 25.7 Å². The number of aliphatic hydroxyl groups excluding tert-OH is 2. The Labute approximate surface area is 101 Å². The third-order valence-electron chi connectivity index (χ3n) is 2.37. The van der Waals surface area contributed by atoms with Crippen LogP contribution in [0.4, 0.5) is 0 Å². The summed E-state index contributed by atoms with van der Waals surface area (Å²) in [5, 5.41) is 17.9. The Kier molecular flexibility index (Phi) is 12.3. The molecule has 2 nitrogen and oxygen atoms in total. The minimum Gasteiger partial charge on any atom is -0.396 e. The van der Waals surface area contributed by atoms with Gasteiger partial charge in [-0.15, -0.1) is 0 Å². The lowest BCUT2D eigenvalue weighted by Gasteiger charge is -2.05. The number of aliphatic hydroxyl groups is 2. The van der Waals surface area contributed by atoms with E-state index in [2.05, 4.69) is 22.6 Å². The molecule has 0 fully saturated rings. The molecule has 0 saturated carbocycles. The second-order valence-corrected chi connectivity index (χ2v) is 4.68. The average Bonchev–Trinajstić information content (AvgIpc) is 2.21. The first-order valence-electron chi connectivity index (χ1n) is 5.66. The lowest BCUT2D eigenvalue weighted by molar-refractivity contribution is 0.187. The van der Waals surface area contributed by atoms with Gasteiger partial charge in [0.1, 0.15) is 0 Å². The molecule has 0 rings (SSSR count). The number of halogens is 1. The second kappa shape index (κ2) is 11.7. The van der Waals surface area contributed by atoms with Crippen LogP contribution in [0.15, 0.2) is 0 Å². The van der Waals surface area contributed by atoms with E-state index in [1.807, 2.05) is 0 Å². The number of rotatable bonds is 10. The quantitative estimate of drug-likeness (QED) is 0.370. The molecule has 86 valence electrons. The van der Waals surface area contributed by atoms with Crippen LogP contribution in [0.1, 0.15) is 51.4 Å². The summed E-state index contributed by atoms with van der Waals surface area (Å²) in [6, 6.07) is 0. The van der Waals surface area contributed by atoms with Gasteiger partial charge in [-0.25, -0.2) is 0 Å². The molecular weight excluding hydrogens is 291 g/mol. The lowest BCUT2D eigenvalue weighted by atomic mass is 10.1. The van der Waals surface area contributed by atoms with E-state index in [0.29, 0.717) is 6.61 Å². The highest BCUT2D eigenvalue weighted by atomic mass is 127. The maximum Gasteiger partial charge on any atom is 0.0629 e.